The van der Waals surface area contributed by atoms with Gasteiger partial charge in [-0.25, -0.2) is 0 Å². The Balaban J connectivity index is 1.37. The quantitative estimate of drug-likeness (QED) is 0.519. The predicted octanol–water partition coefficient (Wildman–Crippen LogP) is 7.10. The fourth-order valence-corrected chi connectivity index (χ4v) is 6.02. The zero-order chi connectivity index (χ0) is 17.9. The Kier molecular flexibility index (Phi) is 6.73. The van der Waals surface area contributed by atoms with E-state index in [1.807, 2.05) is 0 Å². The fourth-order valence-electron chi connectivity index (χ4n) is 6.02. The standard InChI is InChI=1S/C21H35F3O/c1-2-15-3-5-16(6-4-15)17-7-9-18(10-8-17)19-11-13-20(14-12-19)25-21(22,23)24/h15-20H,2-14H2,1H3. The average molecular weight is 361 g/mol. The third-order valence-electron chi connectivity index (χ3n) is 7.64. The van der Waals surface area contributed by atoms with Crippen LogP contribution in [0.1, 0.15) is 90.4 Å². The molecule has 0 unspecified atom stereocenters. The van der Waals surface area contributed by atoms with Crippen LogP contribution in [-0.2, 0) is 4.74 Å². The van der Waals surface area contributed by atoms with Crippen LogP contribution in [-0.4, -0.2) is 12.5 Å². The Morgan fingerprint density at radius 3 is 1.36 bits per heavy atom. The second-order valence-electron chi connectivity index (χ2n) is 8.96. The smallest absolute Gasteiger partial charge is 0.289 e. The van der Waals surface area contributed by atoms with Crippen molar-refractivity contribution in [2.24, 2.45) is 29.6 Å². The first-order valence-corrected chi connectivity index (χ1v) is 10.7. The predicted molar refractivity (Wildman–Crippen MR) is 94.1 cm³/mol. The summed E-state index contributed by atoms with van der Waals surface area (Å²) in [4.78, 5) is 0. The van der Waals surface area contributed by atoms with Crippen molar-refractivity contribution in [2.45, 2.75) is 103 Å². The van der Waals surface area contributed by atoms with Crippen molar-refractivity contribution in [1.29, 1.82) is 0 Å². The molecule has 0 saturated heterocycles. The Morgan fingerprint density at radius 1 is 0.640 bits per heavy atom. The topological polar surface area (TPSA) is 9.23 Å². The molecule has 25 heavy (non-hydrogen) atoms. The first-order chi connectivity index (χ1) is 11.9. The van der Waals surface area contributed by atoms with Crippen molar-refractivity contribution in [3.8, 4) is 0 Å². The highest BCUT2D eigenvalue weighted by Crippen LogP contribution is 2.46. The van der Waals surface area contributed by atoms with Crippen LogP contribution in [0.4, 0.5) is 13.2 Å². The monoisotopic (exact) mass is 360 g/mol. The third-order valence-corrected chi connectivity index (χ3v) is 7.64. The van der Waals surface area contributed by atoms with Gasteiger partial charge in [0, 0.05) is 0 Å². The summed E-state index contributed by atoms with van der Waals surface area (Å²) in [5.41, 5.74) is 0. The van der Waals surface area contributed by atoms with Crippen LogP contribution in [0.2, 0.25) is 0 Å². The molecule has 3 rings (SSSR count). The van der Waals surface area contributed by atoms with Gasteiger partial charge >= 0.3 is 6.36 Å². The molecule has 0 N–H and O–H groups in total. The van der Waals surface area contributed by atoms with E-state index in [1.54, 1.807) is 0 Å². The van der Waals surface area contributed by atoms with E-state index in [-0.39, 0.29) is 0 Å². The van der Waals surface area contributed by atoms with E-state index in [0.29, 0.717) is 18.8 Å². The number of rotatable bonds is 4. The van der Waals surface area contributed by atoms with Crippen LogP contribution >= 0.6 is 0 Å². The zero-order valence-electron chi connectivity index (χ0n) is 15.7. The molecule has 0 spiro atoms. The maximum absolute atomic E-state index is 12.3. The highest BCUT2D eigenvalue weighted by molar-refractivity contribution is 4.86. The number of halogens is 3. The molecule has 0 amide bonds. The van der Waals surface area contributed by atoms with Gasteiger partial charge in [-0.1, -0.05) is 26.2 Å². The summed E-state index contributed by atoms with van der Waals surface area (Å²) in [6.45, 7) is 2.32. The van der Waals surface area contributed by atoms with E-state index in [0.717, 1.165) is 36.5 Å². The van der Waals surface area contributed by atoms with Crippen LogP contribution in [0.25, 0.3) is 0 Å². The molecule has 0 aromatic heterocycles. The van der Waals surface area contributed by atoms with E-state index in [9.17, 15) is 13.2 Å². The lowest BCUT2D eigenvalue weighted by molar-refractivity contribution is -0.346. The van der Waals surface area contributed by atoms with Crippen LogP contribution in [0.3, 0.4) is 0 Å². The normalized spacial score (nSPS) is 40.8. The summed E-state index contributed by atoms with van der Waals surface area (Å²) in [6.07, 6.45) is 10.4. The van der Waals surface area contributed by atoms with Crippen molar-refractivity contribution >= 4 is 0 Å². The third kappa shape index (κ3) is 5.61. The van der Waals surface area contributed by atoms with Crippen LogP contribution in [0, 0.1) is 29.6 Å². The second kappa shape index (κ2) is 8.63. The molecule has 146 valence electrons. The van der Waals surface area contributed by atoms with Gasteiger partial charge in [0.25, 0.3) is 0 Å². The number of ether oxygens (including phenoxy) is 1. The Labute approximate surface area is 151 Å². The van der Waals surface area contributed by atoms with Gasteiger partial charge < -0.3 is 0 Å². The summed E-state index contributed by atoms with van der Waals surface area (Å²) >= 11 is 0. The van der Waals surface area contributed by atoms with Gasteiger partial charge in [-0.15, -0.1) is 13.2 Å². The highest BCUT2D eigenvalue weighted by atomic mass is 19.4. The van der Waals surface area contributed by atoms with E-state index in [2.05, 4.69) is 11.7 Å². The minimum absolute atomic E-state index is 0.588. The molecule has 0 atom stereocenters. The molecule has 0 bridgehead atoms. The Morgan fingerprint density at radius 2 is 1.00 bits per heavy atom. The SMILES string of the molecule is CCC1CCC(C2CCC(C3CCC(OC(F)(F)F)CC3)CC2)CC1. The highest BCUT2D eigenvalue weighted by Gasteiger charge is 2.38. The average Bonchev–Trinajstić information content (AvgIpc) is 2.61. The van der Waals surface area contributed by atoms with Crippen LogP contribution in [0.5, 0.6) is 0 Å². The maximum Gasteiger partial charge on any atom is 0.522 e. The summed E-state index contributed by atoms with van der Waals surface area (Å²) in [5.74, 6) is 4.26. The van der Waals surface area contributed by atoms with Crippen LogP contribution < -0.4 is 0 Å². The van der Waals surface area contributed by atoms with Gasteiger partial charge in [0.05, 0.1) is 6.10 Å². The van der Waals surface area contributed by atoms with Gasteiger partial charge in [0.1, 0.15) is 0 Å². The summed E-state index contributed by atoms with van der Waals surface area (Å²) in [5, 5.41) is 0. The van der Waals surface area contributed by atoms with Crippen molar-refractivity contribution in [3.05, 3.63) is 0 Å². The first kappa shape index (κ1) is 19.5. The molecule has 0 aromatic carbocycles. The number of hydrogen-bond donors (Lipinski definition) is 0. The first-order valence-electron chi connectivity index (χ1n) is 10.7. The molecule has 0 aromatic rings. The lowest BCUT2D eigenvalue weighted by Gasteiger charge is -2.41. The zero-order valence-corrected chi connectivity index (χ0v) is 15.7. The maximum atomic E-state index is 12.3. The minimum Gasteiger partial charge on any atom is -0.289 e. The molecule has 3 fully saturated rings. The molecule has 1 nitrogen and oxygen atoms in total. The molecule has 0 radical (unpaired) electrons. The van der Waals surface area contributed by atoms with Crippen molar-refractivity contribution in [2.75, 3.05) is 0 Å². The second-order valence-corrected chi connectivity index (χ2v) is 8.96. The number of alkyl halides is 3. The molecule has 0 heterocycles. The lowest BCUT2D eigenvalue weighted by Crippen LogP contribution is -2.32. The van der Waals surface area contributed by atoms with Gasteiger partial charge in [-0.2, -0.15) is 0 Å². The van der Waals surface area contributed by atoms with E-state index in [4.69, 9.17) is 0 Å². The van der Waals surface area contributed by atoms with Gasteiger partial charge in [0.2, 0.25) is 0 Å². The molecule has 3 aliphatic carbocycles. The summed E-state index contributed by atoms with van der Waals surface area (Å²) in [6, 6.07) is 0. The van der Waals surface area contributed by atoms with Gasteiger partial charge in [-0.05, 0) is 93.8 Å². The van der Waals surface area contributed by atoms with Gasteiger partial charge in [0.15, 0.2) is 0 Å². The van der Waals surface area contributed by atoms with Crippen LogP contribution in [0.15, 0.2) is 0 Å². The molecule has 0 aliphatic heterocycles. The minimum atomic E-state index is -4.47. The molecule has 3 saturated carbocycles. The Bertz CT molecular complexity index is 384. The van der Waals surface area contributed by atoms with Crippen molar-refractivity contribution < 1.29 is 17.9 Å². The lowest BCUT2D eigenvalue weighted by atomic mass is 9.65. The van der Waals surface area contributed by atoms with E-state index >= 15 is 0 Å². The van der Waals surface area contributed by atoms with Crippen molar-refractivity contribution in [3.63, 3.8) is 0 Å². The Hall–Kier alpha value is -0.250. The van der Waals surface area contributed by atoms with Crippen molar-refractivity contribution in [1.82, 2.24) is 0 Å². The molecule has 3 aliphatic rings. The van der Waals surface area contributed by atoms with Gasteiger partial charge in [-0.3, -0.25) is 4.74 Å². The largest absolute Gasteiger partial charge is 0.522 e. The fraction of sp³-hybridized carbons (Fsp3) is 1.00. The molecular formula is C21H35F3O. The summed E-state index contributed by atoms with van der Waals surface area (Å²) in [7, 11) is 0. The molecular weight excluding hydrogens is 325 g/mol. The van der Waals surface area contributed by atoms with E-state index < -0.39 is 12.5 Å². The molecule has 4 heteroatoms. The van der Waals surface area contributed by atoms with E-state index in [1.165, 1.54) is 57.8 Å². The number of hydrogen-bond acceptors (Lipinski definition) is 1. The summed E-state index contributed by atoms with van der Waals surface area (Å²) < 4.78 is 41.2.